The van der Waals surface area contributed by atoms with Gasteiger partial charge < -0.3 is 14.4 Å². The summed E-state index contributed by atoms with van der Waals surface area (Å²) in [6.07, 6.45) is 0. The molecule has 1 aliphatic heterocycles. The largest absolute Gasteiger partial charge is 0.499 e. The molecule has 15 heavy (non-hydrogen) atoms. The summed E-state index contributed by atoms with van der Waals surface area (Å²) >= 11 is 1.29. The summed E-state index contributed by atoms with van der Waals surface area (Å²) in [6.45, 7) is 8.05. The zero-order valence-electron chi connectivity index (χ0n) is 9.40. The van der Waals surface area contributed by atoms with Crippen LogP contribution in [-0.4, -0.2) is 23.4 Å². The Labute approximate surface area is 94.2 Å². The first-order valence-electron chi connectivity index (χ1n) is 4.95. The second kappa shape index (κ2) is 3.24. The molecule has 0 aromatic carbocycles. The molecule has 0 saturated carbocycles. The lowest BCUT2D eigenvalue weighted by molar-refractivity contribution is 0.00578. The van der Waals surface area contributed by atoms with E-state index in [4.69, 9.17) is 9.31 Å². The van der Waals surface area contributed by atoms with Crippen LogP contribution in [0.5, 0.6) is 5.06 Å². The highest BCUT2D eigenvalue weighted by Crippen LogP contribution is 2.36. The summed E-state index contributed by atoms with van der Waals surface area (Å²) < 4.78 is 11.7. The smallest absolute Gasteiger partial charge is 0.495 e. The fourth-order valence-electron chi connectivity index (χ4n) is 1.44. The van der Waals surface area contributed by atoms with Crippen LogP contribution in [0.3, 0.4) is 0 Å². The first-order valence-corrected chi connectivity index (χ1v) is 5.83. The van der Waals surface area contributed by atoms with Crippen LogP contribution in [0, 0.1) is 0 Å². The molecule has 0 aliphatic carbocycles. The molecule has 0 bridgehead atoms. The third kappa shape index (κ3) is 1.79. The molecule has 3 nitrogen and oxygen atoms in total. The predicted octanol–water partition coefficient (Wildman–Crippen LogP) is 1.75. The zero-order chi connectivity index (χ0) is 11.3. The SMILES string of the molecule is CC1(C)OB(c2csc(O)c2)OC1(C)C. The Morgan fingerprint density at radius 2 is 1.73 bits per heavy atom. The van der Waals surface area contributed by atoms with Gasteiger partial charge in [0.25, 0.3) is 0 Å². The molecule has 0 atom stereocenters. The molecule has 5 heteroatoms. The van der Waals surface area contributed by atoms with Crippen molar-refractivity contribution in [2.24, 2.45) is 0 Å². The molecule has 1 saturated heterocycles. The highest BCUT2D eigenvalue weighted by molar-refractivity contribution is 7.13. The summed E-state index contributed by atoms with van der Waals surface area (Å²) in [4.78, 5) is 0. The molecule has 1 aromatic heterocycles. The van der Waals surface area contributed by atoms with Gasteiger partial charge in [-0.25, -0.2) is 0 Å². The van der Waals surface area contributed by atoms with Crippen LogP contribution in [0.15, 0.2) is 11.4 Å². The van der Waals surface area contributed by atoms with Crippen molar-refractivity contribution in [3.05, 3.63) is 11.4 Å². The molecule has 1 aliphatic rings. The molecule has 0 unspecified atom stereocenters. The second-order valence-corrected chi connectivity index (χ2v) is 5.70. The van der Waals surface area contributed by atoms with Crippen molar-refractivity contribution in [2.45, 2.75) is 38.9 Å². The average molecular weight is 226 g/mol. The molecular weight excluding hydrogens is 211 g/mol. The van der Waals surface area contributed by atoms with Gasteiger partial charge >= 0.3 is 7.12 Å². The maximum atomic E-state index is 9.28. The summed E-state index contributed by atoms with van der Waals surface area (Å²) in [5.41, 5.74) is 0.237. The Morgan fingerprint density at radius 3 is 2.13 bits per heavy atom. The number of thiophene rings is 1. The Kier molecular flexibility index (Phi) is 2.37. The van der Waals surface area contributed by atoms with Crippen LogP contribution < -0.4 is 5.46 Å². The minimum atomic E-state index is -0.368. The molecule has 1 N–H and O–H groups in total. The monoisotopic (exact) mass is 226 g/mol. The maximum Gasteiger partial charge on any atom is 0.495 e. The van der Waals surface area contributed by atoms with Crippen LogP contribution in [0.4, 0.5) is 0 Å². The van der Waals surface area contributed by atoms with Gasteiger partial charge in [-0.3, -0.25) is 0 Å². The van der Waals surface area contributed by atoms with Crippen molar-refractivity contribution in [1.82, 2.24) is 0 Å². The number of aromatic hydroxyl groups is 1. The lowest BCUT2D eigenvalue weighted by Crippen LogP contribution is -2.41. The fraction of sp³-hybridized carbons (Fsp3) is 0.600. The predicted molar refractivity (Wildman–Crippen MR) is 61.7 cm³/mol. The Balaban J connectivity index is 2.23. The highest BCUT2D eigenvalue weighted by atomic mass is 32.1. The summed E-state index contributed by atoms with van der Waals surface area (Å²) in [5.74, 6) is 0. The van der Waals surface area contributed by atoms with Crippen molar-refractivity contribution in [2.75, 3.05) is 0 Å². The minimum Gasteiger partial charge on any atom is -0.499 e. The van der Waals surface area contributed by atoms with E-state index in [1.165, 1.54) is 11.3 Å². The lowest BCUT2D eigenvalue weighted by atomic mass is 9.81. The average Bonchev–Trinajstić information content (AvgIpc) is 2.56. The normalized spacial score (nSPS) is 23.3. The van der Waals surface area contributed by atoms with E-state index in [2.05, 4.69) is 0 Å². The van der Waals surface area contributed by atoms with Gasteiger partial charge in [0.15, 0.2) is 5.06 Å². The van der Waals surface area contributed by atoms with Gasteiger partial charge in [-0.05, 0) is 44.6 Å². The number of hydrogen-bond donors (Lipinski definition) is 1. The summed E-state index contributed by atoms with van der Waals surface area (Å²) in [6, 6.07) is 1.69. The molecule has 2 heterocycles. The van der Waals surface area contributed by atoms with Crippen molar-refractivity contribution in [3.63, 3.8) is 0 Å². The first kappa shape index (κ1) is 11.0. The standard InChI is InChI=1S/C10H15BO3S/c1-9(2)10(3,4)14-11(13-9)7-5-8(12)15-6-7/h5-6,12H,1-4H3. The molecule has 2 rings (SSSR count). The van der Waals surface area contributed by atoms with E-state index in [1.54, 1.807) is 6.07 Å². The van der Waals surface area contributed by atoms with Gasteiger partial charge in [-0.2, -0.15) is 0 Å². The molecular formula is C10H15BO3S. The van der Waals surface area contributed by atoms with Crippen LogP contribution in [0.25, 0.3) is 0 Å². The third-order valence-electron chi connectivity index (χ3n) is 3.13. The number of hydrogen-bond acceptors (Lipinski definition) is 4. The topological polar surface area (TPSA) is 38.7 Å². The van der Waals surface area contributed by atoms with Gasteiger partial charge in [-0.15, -0.1) is 11.3 Å². The third-order valence-corrected chi connectivity index (χ3v) is 3.88. The van der Waals surface area contributed by atoms with E-state index in [9.17, 15) is 5.11 Å². The van der Waals surface area contributed by atoms with Crippen molar-refractivity contribution >= 4 is 23.9 Å². The van der Waals surface area contributed by atoms with Crippen molar-refractivity contribution < 1.29 is 14.4 Å². The van der Waals surface area contributed by atoms with Gasteiger partial charge in [-0.1, -0.05) is 0 Å². The van der Waals surface area contributed by atoms with Gasteiger partial charge in [0.2, 0.25) is 0 Å². The summed E-state index contributed by atoms with van der Waals surface area (Å²) in [5, 5.41) is 11.4. The fourth-order valence-corrected chi connectivity index (χ4v) is 2.08. The van der Waals surface area contributed by atoms with Gasteiger partial charge in [0, 0.05) is 0 Å². The lowest BCUT2D eigenvalue weighted by Gasteiger charge is -2.32. The molecule has 0 spiro atoms. The molecule has 0 radical (unpaired) electrons. The molecule has 82 valence electrons. The van der Waals surface area contributed by atoms with Crippen LogP contribution >= 0.6 is 11.3 Å². The van der Waals surface area contributed by atoms with Crippen LogP contribution in [0.1, 0.15) is 27.7 Å². The van der Waals surface area contributed by atoms with Crippen LogP contribution in [-0.2, 0) is 9.31 Å². The van der Waals surface area contributed by atoms with E-state index in [0.29, 0.717) is 5.06 Å². The highest BCUT2D eigenvalue weighted by Gasteiger charge is 2.51. The van der Waals surface area contributed by atoms with Gasteiger partial charge in [0.1, 0.15) is 0 Å². The number of rotatable bonds is 1. The minimum absolute atomic E-state index is 0.291. The second-order valence-electron chi connectivity index (χ2n) is 4.81. The van der Waals surface area contributed by atoms with Gasteiger partial charge in [0.05, 0.1) is 11.2 Å². The Bertz CT molecular complexity index is 356. The van der Waals surface area contributed by atoms with E-state index in [-0.39, 0.29) is 18.3 Å². The van der Waals surface area contributed by atoms with Crippen LogP contribution in [0.2, 0.25) is 0 Å². The van der Waals surface area contributed by atoms with E-state index >= 15 is 0 Å². The Hall–Kier alpha value is -0.515. The molecule has 1 fully saturated rings. The molecule has 0 amide bonds. The Morgan fingerprint density at radius 1 is 1.20 bits per heavy atom. The zero-order valence-corrected chi connectivity index (χ0v) is 10.2. The summed E-state index contributed by atoms with van der Waals surface area (Å²) in [7, 11) is -0.368. The van der Waals surface area contributed by atoms with E-state index in [1.807, 2.05) is 33.1 Å². The van der Waals surface area contributed by atoms with E-state index < -0.39 is 0 Å². The van der Waals surface area contributed by atoms with Crippen molar-refractivity contribution in [1.29, 1.82) is 0 Å². The maximum absolute atomic E-state index is 9.28. The molecule has 1 aromatic rings. The van der Waals surface area contributed by atoms with Crippen molar-refractivity contribution in [3.8, 4) is 5.06 Å². The quantitative estimate of drug-likeness (QED) is 0.741. The first-order chi connectivity index (χ1) is 6.82. The van der Waals surface area contributed by atoms with E-state index in [0.717, 1.165) is 5.46 Å².